The van der Waals surface area contributed by atoms with E-state index >= 15 is 0 Å². The standard InChI is InChI=1S/C22H21ClN4O3S2/c1-14(28)25-17-3-2-4-18(9-17)26-21(30)13-32-22-27-19(12-31-22)10-20(29)24-11-15-5-7-16(23)8-6-15/h2-9,12H,10-11,13H2,1H3,(H,24,29)(H,25,28)(H,26,30). The molecule has 3 rings (SSSR count). The molecule has 0 bridgehead atoms. The second kappa shape index (κ2) is 11.7. The highest BCUT2D eigenvalue weighted by atomic mass is 35.5. The van der Waals surface area contributed by atoms with Gasteiger partial charge in [-0.3, -0.25) is 14.4 Å². The molecular weight excluding hydrogens is 468 g/mol. The molecule has 3 N–H and O–H groups in total. The van der Waals surface area contributed by atoms with Crippen molar-refractivity contribution >= 4 is 63.8 Å². The van der Waals surface area contributed by atoms with E-state index in [1.807, 2.05) is 17.5 Å². The van der Waals surface area contributed by atoms with E-state index in [1.165, 1.54) is 30.0 Å². The lowest BCUT2D eigenvalue weighted by molar-refractivity contribution is -0.120. The molecule has 1 heterocycles. The van der Waals surface area contributed by atoms with Crippen LogP contribution < -0.4 is 16.0 Å². The van der Waals surface area contributed by atoms with E-state index in [2.05, 4.69) is 20.9 Å². The molecule has 0 fully saturated rings. The minimum Gasteiger partial charge on any atom is -0.352 e. The molecule has 2 aromatic carbocycles. The van der Waals surface area contributed by atoms with Crippen molar-refractivity contribution in [1.29, 1.82) is 0 Å². The van der Waals surface area contributed by atoms with Crippen molar-refractivity contribution in [2.24, 2.45) is 0 Å². The molecule has 32 heavy (non-hydrogen) atoms. The Labute approximate surface area is 199 Å². The van der Waals surface area contributed by atoms with Crippen molar-refractivity contribution in [1.82, 2.24) is 10.3 Å². The molecule has 3 aromatic rings. The van der Waals surface area contributed by atoms with Gasteiger partial charge in [0.2, 0.25) is 17.7 Å². The van der Waals surface area contributed by atoms with Crippen molar-refractivity contribution in [3.63, 3.8) is 0 Å². The van der Waals surface area contributed by atoms with E-state index in [9.17, 15) is 14.4 Å². The molecule has 0 saturated carbocycles. The Morgan fingerprint density at radius 1 is 1.03 bits per heavy atom. The minimum atomic E-state index is -0.188. The fraction of sp³-hybridized carbons (Fsp3) is 0.182. The van der Waals surface area contributed by atoms with Gasteiger partial charge >= 0.3 is 0 Å². The third-order valence-electron chi connectivity index (χ3n) is 4.07. The van der Waals surface area contributed by atoms with Crippen LogP contribution in [0.2, 0.25) is 5.02 Å². The number of aromatic nitrogens is 1. The highest BCUT2D eigenvalue weighted by Gasteiger charge is 2.10. The minimum absolute atomic E-state index is 0.126. The second-order valence-electron chi connectivity index (χ2n) is 6.78. The first-order chi connectivity index (χ1) is 15.4. The molecule has 0 radical (unpaired) electrons. The number of anilines is 2. The van der Waals surface area contributed by atoms with Crippen molar-refractivity contribution < 1.29 is 14.4 Å². The van der Waals surface area contributed by atoms with Crippen LogP contribution in [0.1, 0.15) is 18.2 Å². The lowest BCUT2D eigenvalue weighted by atomic mass is 10.2. The van der Waals surface area contributed by atoms with Gasteiger partial charge in [-0.05, 0) is 35.9 Å². The number of thiazole rings is 1. The summed E-state index contributed by atoms with van der Waals surface area (Å²) in [6.45, 7) is 1.85. The number of hydrogen-bond donors (Lipinski definition) is 3. The van der Waals surface area contributed by atoms with Gasteiger partial charge in [-0.2, -0.15) is 0 Å². The van der Waals surface area contributed by atoms with Gasteiger partial charge in [0.25, 0.3) is 0 Å². The van der Waals surface area contributed by atoms with Gasteiger partial charge in [0.05, 0.1) is 17.9 Å². The zero-order valence-electron chi connectivity index (χ0n) is 17.2. The largest absolute Gasteiger partial charge is 0.352 e. The summed E-state index contributed by atoms with van der Waals surface area (Å²) in [5, 5.41) is 10.8. The number of halogens is 1. The molecule has 0 aliphatic heterocycles. The molecule has 0 spiro atoms. The van der Waals surface area contributed by atoms with Crippen LogP contribution in [0.25, 0.3) is 0 Å². The first-order valence-corrected chi connectivity index (χ1v) is 11.9. The molecule has 0 aliphatic rings. The van der Waals surface area contributed by atoms with Crippen LogP contribution in [0, 0.1) is 0 Å². The molecular formula is C22H21ClN4O3S2. The zero-order valence-corrected chi connectivity index (χ0v) is 19.6. The number of nitrogens with zero attached hydrogens (tertiary/aromatic N) is 1. The molecule has 166 valence electrons. The van der Waals surface area contributed by atoms with E-state index in [4.69, 9.17) is 11.6 Å². The Kier molecular flexibility index (Phi) is 8.66. The highest BCUT2D eigenvalue weighted by molar-refractivity contribution is 8.01. The maximum Gasteiger partial charge on any atom is 0.234 e. The summed E-state index contributed by atoms with van der Waals surface area (Å²) < 4.78 is 0.715. The first kappa shape index (κ1) is 23.8. The lowest BCUT2D eigenvalue weighted by Gasteiger charge is -2.07. The summed E-state index contributed by atoms with van der Waals surface area (Å²) in [7, 11) is 0. The maximum atomic E-state index is 12.2. The Morgan fingerprint density at radius 3 is 2.47 bits per heavy atom. The molecule has 0 saturated heterocycles. The summed E-state index contributed by atoms with van der Waals surface area (Å²) in [4.78, 5) is 40.0. The van der Waals surface area contributed by atoms with E-state index in [0.717, 1.165) is 5.56 Å². The second-order valence-corrected chi connectivity index (χ2v) is 9.30. The van der Waals surface area contributed by atoms with Crippen LogP contribution >= 0.6 is 34.7 Å². The maximum absolute atomic E-state index is 12.2. The number of carbonyl (C=O) groups is 3. The molecule has 0 atom stereocenters. The van der Waals surface area contributed by atoms with Crippen LogP contribution in [0.3, 0.4) is 0 Å². The predicted octanol–water partition coefficient (Wildman–Crippen LogP) is 4.34. The average Bonchev–Trinajstić information content (AvgIpc) is 3.19. The molecule has 10 heteroatoms. The van der Waals surface area contributed by atoms with E-state index in [0.29, 0.717) is 33.0 Å². The Morgan fingerprint density at radius 2 is 1.75 bits per heavy atom. The number of benzene rings is 2. The Bertz CT molecular complexity index is 1100. The molecule has 7 nitrogen and oxygen atoms in total. The SMILES string of the molecule is CC(=O)Nc1cccc(NC(=O)CSc2nc(CC(=O)NCc3ccc(Cl)cc3)cs2)c1. The summed E-state index contributed by atoms with van der Waals surface area (Å²) in [6, 6.07) is 14.2. The van der Waals surface area contributed by atoms with Gasteiger partial charge in [-0.15, -0.1) is 11.3 Å². The number of thioether (sulfide) groups is 1. The average molecular weight is 489 g/mol. The smallest absolute Gasteiger partial charge is 0.234 e. The Balaban J connectivity index is 1.42. The number of hydrogen-bond acceptors (Lipinski definition) is 6. The van der Waals surface area contributed by atoms with Crippen LogP contribution in [-0.2, 0) is 27.3 Å². The topological polar surface area (TPSA) is 100 Å². The van der Waals surface area contributed by atoms with Gasteiger partial charge in [-0.1, -0.05) is 41.6 Å². The monoisotopic (exact) mass is 488 g/mol. The van der Waals surface area contributed by atoms with E-state index < -0.39 is 0 Å². The molecule has 3 amide bonds. The third kappa shape index (κ3) is 7.99. The third-order valence-corrected chi connectivity index (χ3v) is 6.39. The van der Waals surface area contributed by atoms with Gasteiger partial charge < -0.3 is 16.0 Å². The van der Waals surface area contributed by atoms with Crippen molar-refractivity contribution in [3.8, 4) is 0 Å². The lowest BCUT2D eigenvalue weighted by Crippen LogP contribution is -2.24. The number of carbonyl (C=O) groups excluding carboxylic acids is 3. The normalized spacial score (nSPS) is 10.4. The molecule has 0 aliphatic carbocycles. The Hall–Kier alpha value is -2.88. The van der Waals surface area contributed by atoms with Crippen molar-refractivity contribution in [3.05, 3.63) is 70.2 Å². The van der Waals surface area contributed by atoms with Gasteiger partial charge in [-0.25, -0.2) is 4.98 Å². The predicted molar refractivity (Wildman–Crippen MR) is 129 cm³/mol. The summed E-state index contributed by atoms with van der Waals surface area (Å²) in [5.74, 6) is -0.312. The number of amides is 3. The fourth-order valence-corrected chi connectivity index (χ4v) is 4.44. The van der Waals surface area contributed by atoms with Gasteiger partial charge in [0.15, 0.2) is 4.34 Å². The summed E-state index contributed by atoms with van der Waals surface area (Å²) in [6.07, 6.45) is 0.173. The van der Waals surface area contributed by atoms with Gasteiger partial charge in [0.1, 0.15) is 0 Å². The number of rotatable bonds is 9. The van der Waals surface area contributed by atoms with Crippen molar-refractivity contribution in [2.75, 3.05) is 16.4 Å². The van der Waals surface area contributed by atoms with Gasteiger partial charge in [0, 0.05) is 35.2 Å². The summed E-state index contributed by atoms with van der Waals surface area (Å²) in [5.41, 5.74) is 2.83. The van der Waals surface area contributed by atoms with Crippen LogP contribution in [-0.4, -0.2) is 28.5 Å². The van der Waals surface area contributed by atoms with E-state index in [-0.39, 0.29) is 29.9 Å². The van der Waals surface area contributed by atoms with Crippen molar-refractivity contribution in [2.45, 2.75) is 24.2 Å². The first-order valence-electron chi connectivity index (χ1n) is 9.63. The number of nitrogens with one attached hydrogen (secondary N) is 3. The van der Waals surface area contributed by atoms with E-state index in [1.54, 1.807) is 36.4 Å². The fourth-order valence-electron chi connectivity index (χ4n) is 2.67. The van der Waals surface area contributed by atoms with Crippen LogP contribution in [0.4, 0.5) is 11.4 Å². The highest BCUT2D eigenvalue weighted by Crippen LogP contribution is 2.23. The zero-order chi connectivity index (χ0) is 22.9. The summed E-state index contributed by atoms with van der Waals surface area (Å²) >= 11 is 8.56. The molecule has 0 unspecified atom stereocenters. The molecule has 1 aromatic heterocycles. The van der Waals surface area contributed by atoms with Crippen LogP contribution in [0.15, 0.2) is 58.3 Å². The quantitative estimate of drug-likeness (QED) is 0.389. The van der Waals surface area contributed by atoms with Crippen LogP contribution in [0.5, 0.6) is 0 Å².